The highest BCUT2D eigenvalue weighted by atomic mass is 35.5. The van der Waals surface area contributed by atoms with Crippen molar-refractivity contribution in [3.05, 3.63) is 65.0 Å². The zero-order valence-electron chi connectivity index (χ0n) is 20.1. The lowest BCUT2D eigenvalue weighted by Gasteiger charge is -2.35. The van der Waals surface area contributed by atoms with E-state index in [1.54, 1.807) is 19.6 Å². The van der Waals surface area contributed by atoms with Crippen LogP contribution >= 0.6 is 11.6 Å². The van der Waals surface area contributed by atoms with Gasteiger partial charge in [0.2, 0.25) is 0 Å². The van der Waals surface area contributed by atoms with Crippen molar-refractivity contribution in [2.24, 2.45) is 0 Å². The van der Waals surface area contributed by atoms with Crippen LogP contribution in [0.1, 0.15) is 35.8 Å². The molecule has 0 spiro atoms. The van der Waals surface area contributed by atoms with E-state index < -0.39 is 0 Å². The molecule has 1 amide bonds. The molecule has 8 nitrogen and oxygen atoms in total. The average molecular weight is 494 g/mol. The molecule has 0 N–H and O–H groups in total. The number of amides is 1. The Labute approximate surface area is 209 Å². The number of aromatic nitrogens is 3. The summed E-state index contributed by atoms with van der Waals surface area (Å²) >= 11 is 6.20. The molecule has 0 radical (unpaired) electrons. The van der Waals surface area contributed by atoms with Crippen LogP contribution in [0.5, 0.6) is 5.75 Å². The summed E-state index contributed by atoms with van der Waals surface area (Å²) in [6, 6.07) is 11.3. The number of pyridine rings is 1. The molecule has 35 heavy (non-hydrogen) atoms. The fourth-order valence-electron chi connectivity index (χ4n) is 4.51. The summed E-state index contributed by atoms with van der Waals surface area (Å²) in [6.45, 7) is 7.57. The van der Waals surface area contributed by atoms with E-state index in [0.717, 1.165) is 36.3 Å². The fraction of sp³-hybridized carbons (Fsp3) is 0.346. The van der Waals surface area contributed by atoms with Crippen LogP contribution in [0.2, 0.25) is 5.02 Å². The molecule has 1 aromatic carbocycles. The van der Waals surface area contributed by atoms with Crippen LogP contribution in [0.25, 0.3) is 22.5 Å². The number of nitrogens with zero attached hydrogens (tertiary/aromatic N) is 5. The van der Waals surface area contributed by atoms with Gasteiger partial charge in [-0.15, -0.1) is 0 Å². The topological polar surface area (TPSA) is 76.6 Å². The first-order valence-electron chi connectivity index (χ1n) is 11.7. The molecule has 1 fully saturated rings. The van der Waals surface area contributed by atoms with E-state index in [1.165, 1.54) is 0 Å². The van der Waals surface area contributed by atoms with Crippen LogP contribution in [-0.4, -0.2) is 63.8 Å². The van der Waals surface area contributed by atoms with Gasteiger partial charge in [0.25, 0.3) is 5.91 Å². The molecule has 1 aliphatic heterocycles. The smallest absolute Gasteiger partial charge is 0.254 e. The highest BCUT2D eigenvalue weighted by molar-refractivity contribution is 6.30. The number of halogens is 1. The van der Waals surface area contributed by atoms with E-state index in [9.17, 15) is 4.79 Å². The number of benzene rings is 1. The Kier molecular flexibility index (Phi) is 6.49. The minimum absolute atomic E-state index is 0.0199. The Morgan fingerprint density at radius 1 is 1.17 bits per heavy atom. The van der Waals surface area contributed by atoms with Gasteiger partial charge < -0.3 is 14.1 Å². The zero-order valence-corrected chi connectivity index (χ0v) is 20.8. The normalized spacial score (nSPS) is 14.7. The van der Waals surface area contributed by atoms with Crippen molar-refractivity contribution in [2.45, 2.75) is 26.4 Å². The second-order valence-corrected chi connectivity index (χ2v) is 9.41. The maximum absolute atomic E-state index is 13.7. The highest BCUT2D eigenvalue weighted by Gasteiger charge is 2.26. The predicted molar refractivity (Wildman–Crippen MR) is 135 cm³/mol. The van der Waals surface area contributed by atoms with Gasteiger partial charge in [0.1, 0.15) is 11.4 Å². The van der Waals surface area contributed by atoms with Gasteiger partial charge in [-0.25, -0.2) is 9.67 Å². The molecule has 4 heterocycles. The molecule has 1 aliphatic rings. The van der Waals surface area contributed by atoms with Gasteiger partial charge in [-0.3, -0.25) is 9.69 Å². The van der Waals surface area contributed by atoms with E-state index in [2.05, 4.69) is 10.00 Å². The number of carbonyl (C=O) groups excluding carboxylic acids is 1. The van der Waals surface area contributed by atoms with E-state index in [1.807, 2.05) is 59.8 Å². The molecule has 9 heteroatoms. The second kappa shape index (κ2) is 9.71. The van der Waals surface area contributed by atoms with Crippen molar-refractivity contribution in [2.75, 3.05) is 33.3 Å². The Hall–Kier alpha value is -3.36. The minimum atomic E-state index is -0.0199. The Bertz CT molecular complexity index is 1340. The van der Waals surface area contributed by atoms with Gasteiger partial charge >= 0.3 is 0 Å². The quantitative estimate of drug-likeness (QED) is 0.380. The lowest BCUT2D eigenvalue weighted by molar-refractivity contribution is 0.0629. The lowest BCUT2D eigenvalue weighted by atomic mass is 10.1. The first-order chi connectivity index (χ1) is 16.9. The molecule has 4 aromatic rings. The molecule has 0 bridgehead atoms. The van der Waals surface area contributed by atoms with E-state index in [-0.39, 0.29) is 11.9 Å². The van der Waals surface area contributed by atoms with Crippen LogP contribution < -0.4 is 4.74 Å². The van der Waals surface area contributed by atoms with Crippen LogP contribution in [0, 0.1) is 0 Å². The lowest BCUT2D eigenvalue weighted by Crippen LogP contribution is -2.48. The number of rotatable bonds is 6. The Morgan fingerprint density at radius 3 is 2.66 bits per heavy atom. The first kappa shape index (κ1) is 23.4. The number of hydrogen-bond donors (Lipinski definition) is 0. The van der Waals surface area contributed by atoms with Crippen LogP contribution in [0.4, 0.5) is 0 Å². The summed E-state index contributed by atoms with van der Waals surface area (Å²) in [6.07, 6.45) is 3.35. The Morgan fingerprint density at radius 2 is 1.97 bits per heavy atom. The van der Waals surface area contributed by atoms with Crippen molar-refractivity contribution >= 4 is 28.5 Å². The number of furan rings is 1. The highest BCUT2D eigenvalue weighted by Crippen LogP contribution is 2.28. The molecule has 0 unspecified atom stereocenters. The summed E-state index contributed by atoms with van der Waals surface area (Å²) in [5.74, 6) is 1.42. The van der Waals surface area contributed by atoms with Gasteiger partial charge in [-0.1, -0.05) is 11.6 Å². The molecule has 0 aliphatic carbocycles. The Balaban J connectivity index is 1.38. The average Bonchev–Trinajstić information content (AvgIpc) is 3.54. The molecule has 3 aromatic heterocycles. The third kappa shape index (κ3) is 4.63. The zero-order chi connectivity index (χ0) is 24.5. The maximum Gasteiger partial charge on any atom is 0.254 e. The summed E-state index contributed by atoms with van der Waals surface area (Å²) in [4.78, 5) is 22.7. The largest absolute Gasteiger partial charge is 0.496 e. The van der Waals surface area contributed by atoms with E-state index >= 15 is 0 Å². The van der Waals surface area contributed by atoms with Crippen molar-refractivity contribution < 1.29 is 13.9 Å². The van der Waals surface area contributed by atoms with Gasteiger partial charge in [0, 0.05) is 49.4 Å². The number of carbonyl (C=O) groups is 1. The van der Waals surface area contributed by atoms with E-state index in [0.29, 0.717) is 40.8 Å². The predicted octanol–water partition coefficient (Wildman–Crippen LogP) is 4.89. The van der Waals surface area contributed by atoms with Gasteiger partial charge in [0.05, 0.1) is 30.5 Å². The molecular weight excluding hydrogens is 466 g/mol. The third-order valence-corrected chi connectivity index (χ3v) is 6.59. The first-order valence-corrected chi connectivity index (χ1v) is 12.1. The summed E-state index contributed by atoms with van der Waals surface area (Å²) in [5.41, 5.74) is 2.95. The molecule has 1 saturated heterocycles. The monoisotopic (exact) mass is 493 g/mol. The second-order valence-electron chi connectivity index (χ2n) is 8.98. The van der Waals surface area contributed by atoms with Crippen LogP contribution in [-0.2, 0) is 6.54 Å². The summed E-state index contributed by atoms with van der Waals surface area (Å²) < 4.78 is 12.9. The number of fused-ring (bicyclic) bond motifs is 1. The summed E-state index contributed by atoms with van der Waals surface area (Å²) in [5, 5.41) is 5.95. The van der Waals surface area contributed by atoms with Crippen LogP contribution in [0.15, 0.2) is 53.3 Å². The van der Waals surface area contributed by atoms with Crippen molar-refractivity contribution in [3.63, 3.8) is 0 Å². The minimum Gasteiger partial charge on any atom is -0.496 e. The molecule has 0 saturated carbocycles. The standard InChI is InChI=1S/C26H28ClN5O3/c1-17(2)32-25-21(15-28-32)20(14-22(29-25)24-5-4-12-35-24)26(33)31-10-8-30(9-11-31)16-18-13-19(27)6-7-23(18)34-3/h4-7,12-15,17H,8-11,16H2,1-3H3. The van der Waals surface area contributed by atoms with Crippen molar-refractivity contribution in [1.82, 2.24) is 24.6 Å². The maximum atomic E-state index is 13.7. The number of hydrogen-bond acceptors (Lipinski definition) is 6. The van der Waals surface area contributed by atoms with Gasteiger partial charge in [-0.2, -0.15) is 5.10 Å². The summed E-state index contributed by atoms with van der Waals surface area (Å²) in [7, 11) is 1.66. The van der Waals surface area contributed by atoms with Crippen molar-refractivity contribution in [1.29, 1.82) is 0 Å². The van der Waals surface area contributed by atoms with Gasteiger partial charge in [0.15, 0.2) is 11.4 Å². The SMILES string of the molecule is COc1ccc(Cl)cc1CN1CCN(C(=O)c2cc(-c3ccco3)nc3c2cnn3C(C)C)CC1. The number of ether oxygens (including phenoxy) is 1. The third-order valence-electron chi connectivity index (χ3n) is 6.36. The number of piperazine rings is 1. The fourth-order valence-corrected chi connectivity index (χ4v) is 4.71. The van der Waals surface area contributed by atoms with Crippen molar-refractivity contribution in [3.8, 4) is 17.2 Å². The van der Waals surface area contributed by atoms with E-state index in [4.69, 9.17) is 25.7 Å². The van der Waals surface area contributed by atoms with Crippen LogP contribution in [0.3, 0.4) is 0 Å². The van der Waals surface area contributed by atoms with Gasteiger partial charge in [-0.05, 0) is 50.2 Å². The number of methoxy groups -OCH3 is 1. The molecule has 182 valence electrons. The molecule has 5 rings (SSSR count). The molecule has 0 atom stereocenters. The molecular formula is C26H28ClN5O3.